The molecule has 0 bridgehead atoms. The highest BCUT2D eigenvalue weighted by atomic mass is 16.5. The van der Waals surface area contributed by atoms with Crippen LogP contribution in [0.15, 0.2) is 24.3 Å². The van der Waals surface area contributed by atoms with Crippen molar-refractivity contribution in [3.05, 3.63) is 35.4 Å². The quantitative estimate of drug-likeness (QED) is 0.773. The molecule has 3 heteroatoms. The molecule has 112 valence electrons. The van der Waals surface area contributed by atoms with Gasteiger partial charge in [-0.15, -0.1) is 0 Å². The number of benzene rings is 1. The zero-order valence-corrected chi connectivity index (χ0v) is 13.3. The fourth-order valence-corrected chi connectivity index (χ4v) is 1.99. The molecule has 0 aliphatic rings. The topological polar surface area (TPSA) is 38.3 Å². The Bertz CT molecular complexity index is 410. The predicted molar refractivity (Wildman–Crippen MR) is 82.7 cm³/mol. The van der Waals surface area contributed by atoms with Gasteiger partial charge in [0.2, 0.25) is 0 Å². The van der Waals surface area contributed by atoms with E-state index in [0.29, 0.717) is 18.4 Å². The Morgan fingerprint density at radius 1 is 1.10 bits per heavy atom. The Labute approximate surface area is 122 Å². The Morgan fingerprint density at radius 2 is 1.65 bits per heavy atom. The Balaban J connectivity index is 2.88. The smallest absolute Gasteiger partial charge is 0.327 e. The van der Waals surface area contributed by atoms with Crippen LogP contribution in [-0.2, 0) is 9.53 Å². The number of carbonyl (C=O) groups excluding carboxylic acids is 1. The summed E-state index contributed by atoms with van der Waals surface area (Å²) in [6.07, 6.45) is 0. The van der Waals surface area contributed by atoms with Gasteiger partial charge in [-0.05, 0) is 36.4 Å². The van der Waals surface area contributed by atoms with E-state index in [0.717, 1.165) is 12.1 Å². The fraction of sp³-hybridized carbons (Fsp3) is 0.588. The van der Waals surface area contributed by atoms with Gasteiger partial charge < -0.3 is 10.1 Å². The highest BCUT2D eigenvalue weighted by Gasteiger charge is 2.21. The first-order valence-electron chi connectivity index (χ1n) is 7.45. The highest BCUT2D eigenvalue weighted by molar-refractivity contribution is 5.77. The molecule has 1 unspecified atom stereocenters. The van der Waals surface area contributed by atoms with Crippen LogP contribution >= 0.6 is 0 Å². The molecule has 1 N–H and O–H groups in total. The SMILES string of the molecule is CCOC(=O)C(NCC(C)C)c1ccc(C(C)C)cc1. The van der Waals surface area contributed by atoms with E-state index in [1.165, 1.54) is 5.56 Å². The third kappa shape index (κ3) is 4.97. The zero-order valence-electron chi connectivity index (χ0n) is 13.3. The molecule has 1 aromatic carbocycles. The van der Waals surface area contributed by atoms with Crippen molar-refractivity contribution in [3.63, 3.8) is 0 Å². The standard InChI is InChI=1S/C17H27NO2/c1-6-20-17(19)16(18-11-12(2)3)15-9-7-14(8-10-15)13(4)5/h7-10,12-13,16,18H,6,11H2,1-5H3. The minimum Gasteiger partial charge on any atom is -0.465 e. The number of rotatable bonds is 7. The monoisotopic (exact) mass is 277 g/mol. The van der Waals surface area contributed by atoms with Gasteiger partial charge in [0.05, 0.1) is 6.61 Å². The van der Waals surface area contributed by atoms with Crippen molar-refractivity contribution in [3.8, 4) is 0 Å². The molecule has 0 aliphatic heterocycles. The molecule has 0 saturated carbocycles. The minimum atomic E-state index is -0.376. The van der Waals surface area contributed by atoms with Gasteiger partial charge in [0.1, 0.15) is 6.04 Å². The Kier molecular flexibility index (Phi) is 6.73. The first kappa shape index (κ1) is 16.7. The lowest BCUT2D eigenvalue weighted by atomic mass is 9.99. The van der Waals surface area contributed by atoms with Crippen molar-refractivity contribution in [1.29, 1.82) is 0 Å². The highest BCUT2D eigenvalue weighted by Crippen LogP contribution is 2.20. The van der Waals surface area contributed by atoms with E-state index in [4.69, 9.17) is 4.74 Å². The van der Waals surface area contributed by atoms with Crippen LogP contribution in [0.1, 0.15) is 57.7 Å². The van der Waals surface area contributed by atoms with Crippen LogP contribution in [0.3, 0.4) is 0 Å². The maximum Gasteiger partial charge on any atom is 0.327 e. The zero-order chi connectivity index (χ0) is 15.1. The van der Waals surface area contributed by atoms with E-state index < -0.39 is 0 Å². The van der Waals surface area contributed by atoms with Crippen molar-refractivity contribution in [2.45, 2.75) is 46.6 Å². The molecular weight excluding hydrogens is 250 g/mol. The van der Waals surface area contributed by atoms with E-state index in [9.17, 15) is 4.79 Å². The number of carbonyl (C=O) groups is 1. The molecule has 0 radical (unpaired) electrons. The molecule has 0 aliphatic carbocycles. The number of ether oxygens (including phenoxy) is 1. The van der Waals surface area contributed by atoms with Crippen LogP contribution in [0.5, 0.6) is 0 Å². The molecule has 0 heterocycles. The van der Waals surface area contributed by atoms with Crippen LogP contribution in [0, 0.1) is 5.92 Å². The number of nitrogens with one attached hydrogen (secondary N) is 1. The molecule has 3 nitrogen and oxygen atoms in total. The molecular formula is C17H27NO2. The van der Waals surface area contributed by atoms with Crippen molar-refractivity contribution < 1.29 is 9.53 Å². The average Bonchev–Trinajstić information content (AvgIpc) is 2.39. The molecule has 0 aromatic heterocycles. The van der Waals surface area contributed by atoms with Gasteiger partial charge in [-0.1, -0.05) is 52.0 Å². The minimum absolute atomic E-state index is 0.203. The second-order valence-electron chi connectivity index (χ2n) is 5.81. The van der Waals surface area contributed by atoms with Crippen LogP contribution in [-0.4, -0.2) is 19.1 Å². The summed E-state index contributed by atoms with van der Waals surface area (Å²) in [6, 6.07) is 7.83. The van der Waals surface area contributed by atoms with Gasteiger partial charge in [0.15, 0.2) is 0 Å². The summed E-state index contributed by atoms with van der Waals surface area (Å²) in [6.45, 7) is 11.6. The van der Waals surface area contributed by atoms with Crippen LogP contribution < -0.4 is 5.32 Å². The lowest BCUT2D eigenvalue weighted by Crippen LogP contribution is -2.32. The maximum absolute atomic E-state index is 12.1. The fourth-order valence-electron chi connectivity index (χ4n) is 1.99. The van der Waals surface area contributed by atoms with Crippen LogP contribution in [0.4, 0.5) is 0 Å². The number of esters is 1. The molecule has 20 heavy (non-hydrogen) atoms. The van der Waals surface area contributed by atoms with Crippen molar-refractivity contribution in [2.24, 2.45) is 5.92 Å². The second kappa shape index (κ2) is 8.05. The Hall–Kier alpha value is -1.35. The normalized spacial score (nSPS) is 12.8. The van der Waals surface area contributed by atoms with Gasteiger partial charge >= 0.3 is 5.97 Å². The lowest BCUT2D eigenvalue weighted by Gasteiger charge is -2.19. The first-order valence-corrected chi connectivity index (χ1v) is 7.45. The summed E-state index contributed by atoms with van der Waals surface area (Å²) in [5.41, 5.74) is 2.24. The third-order valence-corrected chi connectivity index (χ3v) is 3.19. The van der Waals surface area contributed by atoms with Crippen molar-refractivity contribution >= 4 is 5.97 Å². The van der Waals surface area contributed by atoms with Gasteiger partial charge in [-0.3, -0.25) is 0 Å². The summed E-state index contributed by atoms with van der Waals surface area (Å²) in [4.78, 5) is 12.1. The van der Waals surface area contributed by atoms with Gasteiger partial charge in [0, 0.05) is 0 Å². The van der Waals surface area contributed by atoms with E-state index >= 15 is 0 Å². The molecule has 0 spiro atoms. The summed E-state index contributed by atoms with van der Waals surface area (Å²) in [5, 5.41) is 3.29. The lowest BCUT2D eigenvalue weighted by molar-refractivity contribution is -0.145. The molecule has 1 aromatic rings. The maximum atomic E-state index is 12.1. The molecule has 0 amide bonds. The summed E-state index contributed by atoms with van der Waals surface area (Å²) < 4.78 is 5.17. The largest absolute Gasteiger partial charge is 0.465 e. The van der Waals surface area contributed by atoms with E-state index in [1.807, 2.05) is 19.1 Å². The van der Waals surface area contributed by atoms with Gasteiger partial charge in [0.25, 0.3) is 0 Å². The van der Waals surface area contributed by atoms with E-state index in [1.54, 1.807) is 0 Å². The molecule has 0 saturated heterocycles. The number of hydrogen-bond acceptors (Lipinski definition) is 3. The second-order valence-corrected chi connectivity index (χ2v) is 5.81. The average molecular weight is 277 g/mol. The molecule has 1 rings (SSSR count). The van der Waals surface area contributed by atoms with Crippen molar-refractivity contribution in [1.82, 2.24) is 5.32 Å². The first-order chi connectivity index (χ1) is 9.45. The molecule has 1 atom stereocenters. The summed E-state index contributed by atoms with van der Waals surface area (Å²) in [5.74, 6) is 0.779. The molecule has 0 fully saturated rings. The van der Waals surface area contributed by atoms with Gasteiger partial charge in [-0.2, -0.15) is 0 Å². The summed E-state index contributed by atoms with van der Waals surface area (Å²) in [7, 11) is 0. The van der Waals surface area contributed by atoms with E-state index in [2.05, 4.69) is 45.1 Å². The summed E-state index contributed by atoms with van der Waals surface area (Å²) >= 11 is 0. The number of hydrogen-bond donors (Lipinski definition) is 1. The van der Waals surface area contributed by atoms with Crippen LogP contribution in [0.2, 0.25) is 0 Å². The van der Waals surface area contributed by atoms with Crippen molar-refractivity contribution in [2.75, 3.05) is 13.2 Å². The van der Waals surface area contributed by atoms with Gasteiger partial charge in [-0.25, -0.2) is 4.79 Å². The predicted octanol–water partition coefficient (Wildman–Crippen LogP) is 3.66. The van der Waals surface area contributed by atoms with Crippen LogP contribution in [0.25, 0.3) is 0 Å². The Morgan fingerprint density at radius 3 is 2.10 bits per heavy atom. The third-order valence-electron chi connectivity index (χ3n) is 3.19. The van der Waals surface area contributed by atoms with E-state index in [-0.39, 0.29) is 12.0 Å².